The number of benzene rings is 8. The van der Waals surface area contributed by atoms with Crippen molar-refractivity contribution in [1.82, 2.24) is 9.97 Å². The lowest BCUT2D eigenvalue weighted by atomic mass is 9.87. The molecular weight excluding hydrogens is 691 g/mol. The maximum absolute atomic E-state index is 6.22. The van der Waals surface area contributed by atoms with Gasteiger partial charge in [-0.15, -0.1) is 11.3 Å². The van der Waals surface area contributed by atoms with Crippen LogP contribution in [0.25, 0.3) is 97.9 Å². The van der Waals surface area contributed by atoms with Gasteiger partial charge in [-0.2, -0.15) is 0 Å². The number of fused-ring (bicyclic) bond motifs is 8. The summed E-state index contributed by atoms with van der Waals surface area (Å²) in [5.41, 5.74) is 13.9. The minimum atomic E-state index is 0.710. The number of para-hydroxylation sites is 2. The molecular formula is C50H29N3OS. The third-order valence-electron chi connectivity index (χ3n) is 11.0. The lowest BCUT2D eigenvalue weighted by Crippen LogP contribution is -2.15. The number of anilines is 3. The Balaban J connectivity index is 1.13. The fraction of sp³-hybridized carbons (Fsp3) is 0. The third-order valence-corrected chi connectivity index (χ3v) is 12.2. The van der Waals surface area contributed by atoms with Gasteiger partial charge in [-0.25, -0.2) is 9.97 Å². The first-order chi connectivity index (χ1) is 27.3. The van der Waals surface area contributed by atoms with Crippen molar-refractivity contribution >= 4 is 81.4 Å². The molecule has 4 nitrogen and oxygen atoms in total. The summed E-state index contributed by atoms with van der Waals surface area (Å²) in [6, 6.07) is 62.5. The van der Waals surface area contributed by atoms with Crippen LogP contribution in [0.5, 0.6) is 0 Å². The van der Waals surface area contributed by atoms with E-state index < -0.39 is 0 Å². The molecule has 1 aliphatic rings. The maximum Gasteiger partial charge on any atom is 0.161 e. The number of furan rings is 1. The zero-order chi connectivity index (χ0) is 36.0. The summed E-state index contributed by atoms with van der Waals surface area (Å²) in [5.74, 6) is 0.710. The molecule has 11 aromatic rings. The molecule has 0 atom stereocenters. The Labute approximate surface area is 320 Å². The van der Waals surface area contributed by atoms with Gasteiger partial charge in [0.2, 0.25) is 0 Å². The van der Waals surface area contributed by atoms with Crippen LogP contribution in [0.4, 0.5) is 17.1 Å². The Kier molecular flexibility index (Phi) is 6.47. The van der Waals surface area contributed by atoms with Gasteiger partial charge in [0, 0.05) is 48.6 Å². The van der Waals surface area contributed by atoms with Crippen LogP contribution in [-0.2, 0) is 0 Å². The minimum Gasteiger partial charge on any atom is -0.456 e. The summed E-state index contributed by atoms with van der Waals surface area (Å²) in [6.07, 6.45) is 0. The molecule has 55 heavy (non-hydrogen) atoms. The lowest BCUT2D eigenvalue weighted by molar-refractivity contribution is 0.669. The summed E-state index contributed by atoms with van der Waals surface area (Å²) < 4.78 is 8.50. The van der Waals surface area contributed by atoms with Crippen LogP contribution in [0.2, 0.25) is 0 Å². The molecule has 1 aliphatic heterocycles. The first-order valence-corrected chi connectivity index (χ1v) is 19.3. The van der Waals surface area contributed by atoms with Crippen molar-refractivity contribution in [2.24, 2.45) is 0 Å². The van der Waals surface area contributed by atoms with Gasteiger partial charge in [0.05, 0.1) is 27.3 Å². The van der Waals surface area contributed by atoms with E-state index in [2.05, 4.69) is 169 Å². The number of rotatable bonds is 4. The predicted octanol–water partition coefficient (Wildman–Crippen LogP) is 14.3. The molecule has 0 fully saturated rings. The van der Waals surface area contributed by atoms with E-state index in [1.54, 1.807) is 11.3 Å². The summed E-state index contributed by atoms with van der Waals surface area (Å²) in [4.78, 5) is 13.3. The van der Waals surface area contributed by atoms with Crippen molar-refractivity contribution in [2.45, 2.75) is 0 Å². The average molecular weight is 720 g/mol. The van der Waals surface area contributed by atoms with Gasteiger partial charge in [-0.1, -0.05) is 109 Å². The normalized spacial score (nSPS) is 12.3. The molecule has 0 radical (unpaired) electrons. The first kappa shape index (κ1) is 30.4. The van der Waals surface area contributed by atoms with E-state index in [0.717, 1.165) is 76.8 Å². The number of thiophene rings is 1. The Morgan fingerprint density at radius 1 is 0.455 bits per heavy atom. The van der Waals surface area contributed by atoms with Gasteiger partial charge in [0.1, 0.15) is 11.2 Å². The van der Waals surface area contributed by atoms with Crippen molar-refractivity contribution in [1.29, 1.82) is 0 Å². The van der Waals surface area contributed by atoms with Crippen LogP contribution in [0.15, 0.2) is 180 Å². The molecule has 0 amide bonds. The summed E-state index contributed by atoms with van der Waals surface area (Å²) in [6.45, 7) is 0. The molecule has 0 unspecified atom stereocenters. The molecule has 12 rings (SSSR count). The second-order valence-electron chi connectivity index (χ2n) is 14.1. The van der Waals surface area contributed by atoms with Crippen LogP contribution in [0, 0.1) is 0 Å². The maximum atomic E-state index is 6.22. The van der Waals surface area contributed by atoms with Crippen LogP contribution in [0.3, 0.4) is 0 Å². The fourth-order valence-corrected chi connectivity index (χ4v) is 9.67. The van der Waals surface area contributed by atoms with E-state index in [9.17, 15) is 0 Å². The van der Waals surface area contributed by atoms with Gasteiger partial charge < -0.3 is 9.32 Å². The number of hydrogen-bond acceptors (Lipinski definition) is 5. The Morgan fingerprint density at radius 2 is 1.18 bits per heavy atom. The highest BCUT2D eigenvalue weighted by Gasteiger charge is 2.28. The van der Waals surface area contributed by atoms with Crippen molar-refractivity contribution < 1.29 is 4.42 Å². The topological polar surface area (TPSA) is 42.2 Å². The molecule has 0 saturated heterocycles. The van der Waals surface area contributed by atoms with Gasteiger partial charge in [0.25, 0.3) is 0 Å². The van der Waals surface area contributed by atoms with E-state index in [-0.39, 0.29) is 0 Å². The van der Waals surface area contributed by atoms with Crippen LogP contribution in [-0.4, -0.2) is 9.97 Å². The van der Waals surface area contributed by atoms with E-state index in [1.165, 1.54) is 32.3 Å². The predicted molar refractivity (Wildman–Crippen MR) is 230 cm³/mol. The Morgan fingerprint density at radius 3 is 2.07 bits per heavy atom. The number of aromatic nitrogens is 2. The van der Waals surface area contributed by atoms with E-state index in [4.69, 9.17) is 14.4 Å². The molecule has 5 heteroatoms. The summed E-state index contributed by atoms with van der Waals surface area (Å²) >= 11 is 1.75. The second kappa shape index (κ2) is 11.7. The molecule has 3 aromatic heterocycles. The highest BCUT2D eigenvalue weighted by atomic mass is 32.1. The zero-order valence-electron chi connectivity index (χ0n) is 29.4. The van der Waals surface area contributed by atoms with Gasteiger partial charge in [-0.05, 0) is 88.8 Å². The molecule has 0 saturated carbocycles. The molecule has 8 aromatic carbocycles. The van der Waals surface area contributed by atoms with Crippen molar-refractivity contribution in [3.8, 4) is 44.9 Å². The highest BCUT2D eigenvalue weighted by Crippen LogP contribution is 2.53. The Hall–Kier alpha value is -7.08. The smallest absolute Gasteiger partial charge is 0.161 e. The van der Waals surface area contributed by atoms with E-state index in [1.807, 2.05) is 12.1 Å². The van der Waals surface area contributed by atoms with E-state index in [0.29, 0.717) is 5.82 Å². The SMILES string of the molecule is c1ccc(-c2ccc3c(c2)-c2cccc4c(-c5nc(-c6ccc7oc8ccccc8c7c6)c6sc7ccccc7c6n5)ccc(c24)N3c2ccccc2)cc1. The fourth-order valence-electron chi connectivity index (χ4n) is 8.52. The van der Waals surface area contributed by atoms with Crippen molar-refractivity contribution in [2.75, 3.05) is 4.90 Å². The second-order valence-corrected chi connectivity index (χ2v) is 15.2. The monoisotopic (exact) mass is 719 g/mol. The molecule has 0 bridgehead atoms. The largest absolute Gasteiger partial charge is 0.456 e. The van der Waals surface area contributed by atoms with Gasteiger partial charge >= 0.3 is 0 Å². The van der Waals surface area contributed by atoms with E-state index >= 15 is 0 Å². The van der Waals surface area contributed by atoms with Crippen LogP contribution >= 0.6 is 11.3 Å². The number of nitrogens with zero attached hydrogens (tertiary/aromatic N) is 3. The van der Waals surface area contributed by atoms with Crippen LogP contribution in [0.1, 0.15) is 0 Å². The molecule has 256 valence electrons. The summed E-state index contributed by atoms with van der Waals surface area (Å²) in [5, 5.41) is 5.63. The number of hydrogen-bond donors (Lipinski definition) is 0. The third kappa shape index (κ3) is 4.57. The van der Waals surface area contributed by atoms with Crippen LogP contribution < -0.4 is 4.90 Å². The van der Waals surface area contributed by atoms with Crippen molar-refractivity contribution in [3.63, 3.8) is 0 Å². The van der Waals surface area contributed by atoms with Crippen molar-refractivity contribution in [3.05, 3.63) is 176 Å². The molecule has 4 heterocycles. The quantitative estimate of drug-likeness (QED) is 0.182. The zero-order valence-corrected chi connectivity index (χ0v) is 30.2. The molecule has 0 N–H and O–H groups in total. The minimum absolute atomic E-state index is 0.710. The molecule has 0 aliphatic carbocycles. The Bertz CT molecular complexity index is 3330. The lowest BCUT2D eigenvalue weighted by Gasteiger charge is -2.34. The standard InChI is InChI=1S/C50H29N3OS/c1-3-12-30(13-4-1)31-22-25-41-39(28-31)36-19-11-18-35-37(24-26-42(46(35)36)53(41)33-14-5-2-6-15-33)50-51-47(49-48(52-50)38-17-8-10-21-45(38)55-49)32-23-27-44-40(29-32)34-16-7-9-20-43(34)54-44/h1-29H. The summed E-state index contributed by atoms with van der Waals surface area (Å²) in [7, 11) is 0. The highest BCUT2D eigenvalue weighted by molar-refractivity contribution is 7.26. The van der Waals surface area contributed by atoms with Gasteiger partial charge in [-0.3, -0.25) is 0 Å². The van der Waals surface area contributed by atoms with Gasteiger partial charge in [0.15, 0.2) is 5.82 Å². The average Bonchev–Trinajstić information content (AvgIpc) is 3.82. The first-order valence-electron chi connectivity index (χ1n) is 18.5. The molecule has 0 spiro atoms.